The second kappa shape index (κ2) is 10.9. The second-order valence-electron chi connectivity index (χ2n) is 8.99. The number of ether oxygens (including phenoxy) is 1. The molecule has 0 spiro atoms. The standard InChI is InChI=1S/C28H28BrF3O2/c29-22-14-11-20(12-15-22)24-16-13-21(18-26(24)28(30,31)32)25(17-19-7-3-1-4-8-19)27(33)34-23-9-5-2-6-10-23/h1,3-4,7-8,11,13,16-18,22-23H,2,5-6,9-10,12,14-15H2. The van der Waals surface area contributed by atoms with Crippen LogP contribution in [0.4, 0.5) is 13.2 Å². The Morgan fingerprint density at radius 1 is 1.00 bits per heavy atom. The van der Waals surface area contributed by atoms with E-state index in [4.69, 9.17) is 4.74 Å². The van der Waals surface area contributed by atoms with E-state index in [9.17, 15) is 18.0 Å². The zero-order valence-electron chi connectivity index (χ0n) is 18.9. The van der Waals surface area contributed by atoms with E-state index in [0.29, 0.717) is 23.2 Å². The Bertz CT molecular complexity index is 1070. The minimum atomic E-state index is -4.54. The van der Waals surface area contributed by atoms with Crippen molar-refractivity contribution in [2.24, 2.45) is 0 Å². The predicted molar refractivity (Wildman–Crippen MR) is 133 cm³/mol. The van der Waals surface area contributed by atoms with Crippen molar-refractivity contribution in [1.82, 2.24) is 0 Å². The summed E-state index contributed by atoms with van der Waals surface area (Å²) in [5, 5.41) is 0. The fourth-order valence-corrected chi connectivity index (χ4v) is 5.06. The van der Waals surface area contributed by atoms with E-state index in [1.165, 1.54) is 6.07 Å². The first kappa shape index (κ1) is 24.8. The van der Waals surface area contributed by atoms with Gasteiger partial charge in [-0.15, -0.1) is 0 Å². The third-order valence-electron chi connectivity index (χ3n) is 6.49. The molecule has 34 heavy (non-hydrogen) atoms. The van der Waals surface area contributed by atoms with E-state index in [2.05, 4.69) is 15.9 Å². The maximum atomic E-state index is 14.2. The minimum absolute atomic E-state index is 0.145. The van der Waals surface area contributed by atoms with Crippen LogP contribution in [0.5, 0.6) is 0 Å². The van der Waals surface area contributed by atoms with Crippen LogP contribution >= 0.6 is 15.9 Å². The molecule has 1 fully saturated rings. The third-order valence-corrected chi connectivity index (χ3v) is 7.32. The number of carbonyl (C=O) groups excluding carboxylic acids is 1. The highest BCUT2D eigenvalue weighted by Crippen LogP contribution is 2.40. The van der Waals surface area contributed by atoms with Crippen molar-refractivity contribution in [2.45, 2.75) is 68.5 Å². The maximum Gasteiger partial charge on any atom is 0.417 e. The van der Waals surface area contributed by atoms with Crippen LogP contribution in [-0.2, 0) is 15.7 Å². The molecule has 6 heteroatoms. The quantitative estimate of drug-likeness (QED) is 0.167. The van der Waals surface area contributed by atoms with Gasteiger partial charge in [-0.05, 0) is 79.4 Å². The molecule has 2 nitrogen and oxygen atoms in total. The van der Waals surface area contributed by atoms with Gasteiger partial charge in [0.15, 0.2) is 0 Å². The second-order valence-corrected chi connectivity index (χ2v) is 10.3. The van der Waals surface area contributed by atoms with E-state index in [-0.39, 0.29) is 22.8 Å². The first-order valence-electron chi connectivity index (χ1n) is 11.8. The van der Waals surface area contributed by atoms with E-state index in [0.717, 1.165) is 50.2 Å². The zero-order valence-corrected chi connectivity index (χ0v) is 20.5. The molecule has 1 saturated carbocycles. The van der Waals surface area contributed by atoms with E-state index in [1.54, 1.807) is 12.1 Å². The highest BCUT2D eigenvalue weighted by molar-refractivity contribution is 9.09. The summed E-state index contributed by atoms with van der Waals surface area (Å²) in [6.07, 6.45) is 5.52. The summed E-state index contributed by atoms with van der Waals surface area (Å²) in [5.41, 5.74) is 1.27. The van der Waals surface area contributed by atoms with Gasteiger partial charge in [-0.2, -0.15) is 13.2 Å². The lowest BCUT2D eigenvalue weighted by molar-refractivity contribution is -0.143. The molecule has 1 unspecified atom stereocenters. The number of alkyl halides is 4. The van der Waals surface area contributed by atoms with Gasteiger partial charge in [0.05, 0.1) is 11.1 Å². The fourth-order valence-electron chi connectivity index (χ4n) is 4.65. The molecule has 2 aromatic carbocycles. The van der Waals surface area contributed by atoms with Crippen LogP contribution in [0.2, 0.25) is 0 Å². The van der Waals surface area contributed by atoms with Crippen LogP contribution < -0.4 is 0 Å². The van der Waals surface area contributed by atoms with Gasteiger partial charge in [0.1, 0.15) is 6.10 Å². The first-order chi connectivity index (χ1) is 16.3. The summed E-state index contributed by atoms with van der Waals surface area (Å²) < 4.78 is 48.2. The normalized spacial score (nSPS) is 20.1. The molecule has 2 aliphatic rings. The van der Waals surface area contributed by atoms with Crippen LogP contribution in [0, 0.1) is 0 Å². The maximum absolute atomic E-state index is 14.2. The van der Waals surface area contributed by atoms with Gasteiger partial charge in [-0.1, -0.05) is 70.9 Å². The van der Waals surface area contributed by atoms with Crippen LogP contribution in [-0.4, -0.2) is 16.9 Å². The number of hydrogen-bond donors (Lipinski definition) is 0. The molecular formula is C28H28BrF3O2. The van der Waals surface area contributed by atoms with Crippen LogP contribution in [0.15, 0.2) is 54.6 Å². The van der Waals surface area contributed by atoms with E-state index >= 15 is 0 Å². The Morgan fingerprint density at radius 2 is 1.74 bits per heavy atom. The number of allylic oxidation sites excluding steroid dienone is 2. The Hall–Kier alpha value is -2.34. The van der Waals surface area contributed by atoms with Crippen molar-refractivity contribution >= 4 is 39.1 Å². The van der Waals surface area contributed by atoms with Crippen molar-refractivity contribution in [3.8, 4) is 0 Å². The molecule has 0 bridgehead atoms. The first-order valence-corrected chi connectivity index (χ1v) is 12.8. The third kappa shape index (κ3) is 6.21. The minimum Gasteiger partial charge on any atom is -0.459 e. The van der Waals surface area contributed by atoms with Crippen molar-refractivity contribution in [1.29, 1.82) is 0 Å². The van der Waals surface area contributed by atoms with Gasteiger partial charge in [-0.3, -0.25) is 0 Å². The lowest BCUT2D eigenvalue weighted by atomic mass is 9.88. The SMILES string of the molecule is O=C(OC1CCCCC1)C(=Cc1ccccc1)c1ccc(C2=CCC(Br)CC2)c(C(F)(F)F)c1. The number of hydrogen-bond acceptors (Lipinski definition) is 2. The number of halogens is 4. The number of carbonyl (C=O) groups is 1. The van der Waals surface area contributed by atoms with Gasteiger partial charge >= 0.3 is 12.1 Å². The molecule has 2 aliphatic carbocycles. The Balaban J connectivity index is 1.74. The topological polar surface area (TPSA) is 26.3 Å². The number of benzene rings is 2. The lowest BCUT2D eigenvalue weighted by Crippen LogP contribution is -2.21. The molecule has 0 saturated heterocycles. The molecule has 0 radical (unpaired) electrons. The molecular weight excluding hydrogens is 505 g/mol. The summed E-state index contributed by atoms with van der Waals surface area (Å²) in [7, 11) is 0. The monoisotopic (exact) mass is 532 g/mol. The van der Waals surface area contributed by atoms with Crippen molar-refractivity contribution in [3.63, 3.8) is 0 Å². The summed E-state index contributed by atoms with van der Waals surface area (Å²) in [4.78, 5) is 13.5. The molecule has 0 amide bonds. The molecule has 0 heterocycles. The summed E-state index contributed by atoms with van der Waals surface area (Å²) in [6, 6.07) is 13.4. The molecule has 180 valence electrons. The fraction of sp³-hybridized carbons (Fsp3) is 0.393. The molecule has 4 rings (SSSR count). The average Bonchev–Trinajstić information content (AvgIpc) is 2.83. The Labute approximate surface area is 207 Å². The van der Waals surface area contributed by atoms with Crippen LogP contribution in [0.3, 0.4) is 0 Å². The van der Waals surface area contributed by atoms with Gasteiger partial charge in [-0.25, -0.2) is 4.79 Å². The van der Waals surface area contributed by atoms with Gasteiger partial charge in [0.2, 0.25) is 0 Å². The van der Waals surface area contributed by atoms with Crippen molar-refractivity contribution in [2.75, 3.05) is 0 Å². The number of esters is 1. The highest BCUT2D eigenvalue weighted by Gasteiger charge is 2.35. The molecule has 0 aliphatic heterocycles. The van der Waals surface area contributed by atoms with Crippen molar-refractivity contribution in [3.05, 3.63) is 76.9 Å². The highest BCUT2D eigenvalue weighted by atomic mass is 79.9. The Kier molecular flexibility index (Phi) is 7.97. The summed E-state index contributed by atoms with van der Waals surface area (Å²) in [5.74, 6) is -0.573. The largest absolute Gasteiger partial charge is 0.459 e. The van der Waals surface area contributed by atoms with Gasteiger partial charge in [0, 0.05) is 4.83 Å². The molecule has 1 atom stereocenters. The predicted octanol–water partition coefficient (Wildman–Crippen LogP) is 8.45. The van der Waals surface area contributed by atoms with E-state index < -0.39 is 17.7 Å². The smallest absolute Gasteiger partial charge is 0.417 e. The van der Waals surface area contributed by atoms with Crippen LogP contribution in [0.25, 0.3) is 17.2 Å². The number of rotatable bonds is 5. The molecule has 2 aromatic rings. The Morgan fingerprint density at radius 3 is 2.38 bits per heavy atom. The van der Waals surface area contributed by atoms with Crippen molar-refractivity contribution < 1.29 is 22.7 Å². The van der Waals surface area contributed by atoms with Gasteiger partial charge in [0.25, 0.3) is 0 Å². The summed E-state index contributed by atoms with van der Waals surface area (Å²) >= 11 is 3.54. The summed E-state index contributed by atoms with van der Waals surface area (Å²) in [6.45, 7) is 0. The van der Waals surface area contributed by atoms with Crippen LogP contribution in [0.1, 0.15) is 73.6 Å². The average molecular weight is 533 g/mol. The van der Waals surface area contributed by atoms with E-state index in [1.807, 2.05) is 36.4 Å². The molecule has 0 aromatic heterocycles. The lowest BCUT2D eigenvalue weighted by Gasteiger charge is -2.24. The zero-order chi connectivity index (χ0) is 24.1. The van der Waals surface area contributed by atoms with Gasteiger partial charge < -0.3 is 4.74 Å². The molecule has 0 N–H and O–H groups in total.